The molecular weight excluding hydrogens is 420 g/mol. The first kappa shape index (κ1) is 22.5. The number of carbonyl (C=O) groups is 3. The average molecular weight is 449 g/mol. The molecule has 0 bridgehead atoms. The normalized spacial score (nSPS) is 15.7. The van der Waals surface area contributed by atoms with Crippen LogP contribution in [0.4, 0.5) is 11.4 Å². The Bertz CT molecular complexity index is 1190. The molecule has 1 aliphatic heterocycles. The lowest BCUT2D eigenvalue weighted by Gasteiger charge is -2.14. The fraction of sp³-hybridized carbons (Fsp3) is 0.333. The van der Waals surface area contributed by atoms with E-state index in [1.165, 1.54) is 0 Å². The van der Waals surface area contributed by atoms with Crippen molar-refractivity contribution in [1.29, 1.82) is 0 Å². The molecule has 1 atom stereocenters. The van der Waals surface area contributed by atoms with Gasteiger partial charge in [-0.3, -0.25) is 14.4 Å². The third kappa shape index (κ3) is 5.38. The number of anilines is 2. The number of nitrogens with one attached hydrogen (secondary N) is 3. The lowest BCUT2D eigenvalue weighted by Crippen LogP contribution is -2.41. The fourth-order valence-corrected chi connectivity index (χ4v) is 3.89. The molecule has 1 aliphatic rings. The van der Waals surface area contributed by atoms with Gasteiger partial charge in [0.15, 0.2) is 0 Å². The smallest absolute Gasteiger partial charge is 0.254 e. The molecule has 9 heteroatoms. The summed E-state index contributed by atoms with van der Waals surface area (Å²) >= 11 is 0. The van der Waals surface area contributed by atoms with E-state index in [1.54, 1.807) is 24.3 Å². The Balaban J connectivity index is 1.33. The molecule has 172 valence electrons. The summed E-state index contributed by atoms with van der Waals surface area (Å²) in [6.45, 7) is 1.87. The Labute approximate surface area is 192 Å². The number of nitrogens with zero attached hydrogens (tertiary/aromatic N) is 3. The van der Waals surface area contributed by atoms with Crippen LogP contribution in [0.3, 0.4) is 0 Å². The Morgan fingerprint density at radius 1 is 1.18 bits per heavy atom. The third-order valence-electron chi connectivity index (χ3n) is 5.62. The summed E-state index contributed by atoms with van der Waals surface area (Å²) in [5, 5.41) is 8.32. The maximum atomic E-state index is 12.5. The Morgan fingerprint density at radius 3 is 2.82 bits per heavy atom. The van der Waals surface area contributed by atoms with Gasteiger partial charge in [0.1, 0.15) is 6.04 Å². The van der Waals surface area contributed by atoms with Gasteiger partial charge in [-0.15, -0.1) is 0 Å². The van der Waals surface area contributed by atoms with Crippen LogP contribution in [0, 0.1) is 0 Å². The zero-order valence-corrected chi connectivity index (χ0v) is 18.8. The molecular formula is C24H28N6O3. The lowest BCUT2D eigenvalue weighted by molar-refractivity contribution is -0.118. The Hall–Kier alpha value is -3.72. The quantitative estimate of drug-likeness (QED) is 0.491. The van der Waals surface area contributed by atoms with Crippen molar-refractivity contribution in [3.8, 4) is 0 Å². The molecule has 0 saturated heterocycles. The summed E-state index contributed by atoms with van der Waals surface area (Å²) in [5.41, 5.74) is 3.36. The van der Waals surface area contributed by atoms with Crippen LogP contribution in [0.5, 0.6) is 0 Å². The highest BCUT2D eigenvalue weighted by molar-refractivity contribution is 6.10. The monoisotopic (exact) mass is 448 g/mol. The zero-order valence-electron chi connectivity index (χ0n) is 18.8. The van der Waals surface area contributed by atoms with Crippen molar-refractivity contribution >= 4 is 40.1 Å². The van der Waals surface area contributed by atoms with Crippen LogP contribution in [-0.2, 0) is 16.1 Å². The van der Waals surface area contributed by atoms with Crippen LogP contribution in [0.15, 0.2) is 48.8 Å². The minimum atomic E-state index is -0.781. The summed E-state index contributed by atoms with van der Waals surface area (Å²) in [7, 11) is 4.10. The highest BCUT2D eigenvalue weighted by atomic mass is 16.2. The second-order valence-electron chi connectivity index (χ2n) is 8.45. The molecule has 3 aromatic rings. The fourth-order valence-electron chi connectivity index (χ4n) is 3.89. The van der Waals surface area contributed by atoms with Gasteiger partial charge in [0.2, 0.25) is 11.8 Å². The first-order chi connectivity index (χ1) is 15.9. The van der Waals surface area contributed by atoms with Crippen molar-refractivity contribution in [3.63, 3.8) is 0 Å². The van der Waals surface area contributed by atoms with E-state index >= 15 is 0 Å². The molecule has 0 spiro atoms. The van der Waals surface area contributed by atoms with Crippen molar-refractivity contribution in [2.75, 3.05) is 31.3 Å². The standard InChI is InChI=1S/C24H28N6O3/c1-29(2)12-5-13-30-15-25-20-14-16(8-10-21(20)30)26-22(31)11-9-19-24(33)27-18-7-4-3-6-17(18)23(32)28-19/h3-4,6-8,10,14-15,19H,5,9,11-13H2,1-2H3,(H,26,31)(H,27,33)(H,28,32)/t19-/m1/s1. The van der Waals surface area contributed by atoms with Gasteiger partial charge in [0.25, 0.3) is 5.91 Å². The van der Waals surface area contributed by atoms with Gasteiger partial charge in [-0.05, 0) is 63.8 Å². The molecule has 33 heavy (non-hydrogen) atoms. The molecule has 0 saturated carbocycles. The summed E-state index contributed by atoms with van der Waals surface area (Å²) in [4.78, 5) is 44.0. The number of para-hydroxylation sites is 1. The number of amides is 3. The van der Waals surface area contributed by atoms with Crippen molar-refractivity contribution in [1.82, 2.24) is 19.8 Å². The SMILES string of the molecule is CN(C)CCCn1cnc2cc(NC(=O)CC[C@H]3NC(=O)c4ccccc4NC3=O)ccc21. The Kier molecular flexibility index (Phi) is 6.69. The van der Waals surface area contributed by atoms with Crippen LogP contribution < -0.4 is 16.0 Å². The van der Waals surface area contributed by atoms with Gasteiger partial charge in [-0.2, -0.15) is 0 Å². The zero-order chi connectivity index (χ0) is 23.4. The first-order valence-corrected chi connectivity index (χ1v) is 11.0. The van der Waals surface area contributed by atoms with Crippen LogP contribution in [0.1, 0.15) is 29.6 Å². The summed E-state index contributed by atoms with van der Waals surface area (Å²) in [6, 6.07) is 11.7. The molecule has 0 radical (unpaired) electrons. The van der Waals surface area contributed by atoms with Crippen LogP contribution in [-0.4, -0.2) is 58.9 Å². The molecule has 2 heterocycles. The molecule has 4 rings (SSSR count). The van der Waals surface area contributed by atoms with E-state index in [4.69, 9.17) is 0 Å². The molecule has 0 fully saturated rings. The minimum absolute atomic E-state index is 0.0890. The summed E-state index contributed by atoms with van der Waals surface area (Å²) in [6.07, 6.45) is 3.12. The van der Waals surface area contributed by atoms with Crippen molar-refractivity contribution in [3.05, 3.63) is 54.4 Å². The highest BCUT2D eigenvalue weighted by Gasteiger charge is 2.27. The van der Waals surface area contributed by atoms with E-state index in [2.05, 4.69) is 44.5 Å². The maximum absolute atomic E-state index is 12.5. The van der Waals surface area contributed by atoms with E-state index in [0.29, 0.717) is 16.9 Å². The second-order valence-corrected chi connectivity index (χ2v) is 8.45. The van der Waals surface area contributed by atoms with E-state index in [-0.39, 0.29) is 30.6 Å². The maximum Gasteiger partial charge on any atom is 0.254 e. The molecule has 2 aromatic carbocycles. The molecule has 1 aromatic heterocycles. The topological polar surface area (TPSA) is 108 Å². The van der Waals surface area contributed by atoms with Gasteiger partial charge in [0, 0.05) is 18.7 Å². The number of hydrogen-bond acceptors (Lipinski definition) is 5. The molecule has 3 N–H and O–H groups in total. The summed E-state index contributed by atoms with van der Waals surface area (Å²) < 4.78 is 2.11. The molecule has 0 unspecified atom stereocenters. The van der Waals surface area contributed by atoms with Crippen LogP contribution >= 0.6 is 0 Å². The highest BCUT2D eigenvalue weighted by Crippen LogP contribution is 2.21. The Morgan fingerprint density at radius 2 is 2.00 bits per heavy atom. The minimum Gasteiger partial charge on any atom is -0.340 e. The van der Waals surface area contributed by atoms with Gasteiger partial charge >= 0.3 is 0 Å². The van der Waals surface area contributed by atoms with Crippen molar-refractivity contribution in [2.45, 2.75) is 31.8 Å². The van der Waals surface area contributed by atoms with Gasteiger partial charge in [-0.1, -0.05) is 12.1 Å². The summed E-state index contributed by atoms with van der Waals surface area (Å²) in [5.74, 6) is -0.896. The predicted octanol–water partition coefficient (Wildman–Crippen LogP) is 2.46. The van der Waals surface area contributed by atoms with Gasteiger partial charge in [-0.25, -0.2) is 4.98 Å². The van der Waals surface area contributed by atoms with E-state index in [0.717, 1.165) is 30.5 Å². The van der Waals surface area contributed by atoms with Crippen LogP contribution in [0.2, 0.25) is 0 Å². The van der Waals surface area contributed by atoms with Crippen molar-refractivity contribution < 1.29 is 14.4 Å². The number of aryl methyl sites for hydroxylation is 1. The van der Waals surface area contributed by atoms with Crippen LogP contribution in [0.25, 0.3) is 11.0 Å². The third-order valence-corrected chi connectivity index (χ3v) is 5.62. The van der Waals surface area contributed by atoms with E-state index < -0.39 is 6.04 Å². The number of hydrogen-bond donors (Lipinski definition) is 3. The second kappa shape index (κ2) is 9.83. The number of rotatable bonds is 8. The average Bonchev–Trinajstić information content (AvgIpc) is 3.13. The number of fused-ring (bicyclic) bond motifs is 2. The largest absolute Gasteiger partial charge is 0.340 e. The predicted molar refractivity (Wildman–Crippen MR) is 127 cm³/mol. The first-order valence-electron chi connectivity index (χ1n) is 11.0. The number of carbonyl (C=O) groups excluding carboxylic acids is 3. The number of imidazole rings is 1. The molecule has 3 amide bonds. The van der Waals surface area contributed by atoms with E-state index in [9.17, 15) is 14.4 Å². The number of aromatic nitrogens is 2. The number of benzene rings is 2. The molecule has 0 aliphatic carbocycles. The van der Waals surface area contributed by atoms with Gasteiger partial charge < -0.3 is 25.4 Å². The van der Waals surface area contributed by atoms with E-state index in [1.807, 2.05) is 24.5 Å². The molecule has 9 nitrogen and oxygen atoms in total. The van der Waals surface area contributed by atoms with Gasteiger partial charge in [0.05, 0.1) is 28.6 Å². The lowest BCUT2D eigenvalue weighted by atomic mass is 10.1. The van der Waals surface area contributed by atoms with Crippen molar-refractivity contribution in [2.24, 2.45) is 0 Å².